The zero-order valence-corrected chi connectivity index (χ0v) is 14.0. The number of aliphatic carboxylic acids is 2. The summed E-state index contributed by atoms with van der Waals surface area (Å²) in [6.45, 7) is 1.94. The van der Waals surface area contributed by atoms with Gasteiger partial charge < -0.3 is 74.6 Å². The Morgan fingerprint density at radius 1 is 0.526 bits per heavy atom. The van der Waals surface area contributed by atoms with E-state index >= 15 is 0 Å². The first-order chi connectivity index (χ1) is 3.46. The van der Waals surface area contributed by atoms with Crippen molar-refractivity contribution in [3.05, 3.63) is 0 Å². The second-order valence-electron chi connectivity index (χ2n) is 0.983. The molecule has 14 nitrogen and oxygen atoms in total. The van der Waals surface area contributed by atoms with Crippen LogP contribution in [0.4, 0.5) is 0 Å². The zero-order chi connectivity index (χ0) is 7.15. The van der Waals surface area contributed by atoms with Crippen LogP contribution in [-0.2, 0) is 9.59 Å². The molecule has 0 fully saturated rings. The van der Waals surface area contributed by atoms with Crippen LogP contribution >= 0.6 is 0 Å². The van der Waals surface area contributed by atoms with Crippen molar-refractivity contribution < 1.29 is 74.6 Å². The van der Waals surface area contributed by atoms with Gasteiger partial charge in [-0.3, -0.25) is 0 Å². The Hall–Kier alpha value is -0.538. The van der Waals surface area contributed by atoms with Crippen LogP contribution in [-0.4, -0.2) is 94.0 Å². The Morgan fingerprint density at radius 2 is 0.526 bits per heavy atom. The summed E-state index contributed by atoms with van der Waals surface area (Å²) in [5.41, 5.74) is 0. The van der Waals surface area contributed by atoms with Crippen LogP contribution in [0.15, 0.2) is 0 Å². The first kappa shape index (κ1) is 189. The second-order valence-corrected chi connectivity index (χ2v) is 0.983. The second kappa shape index (κ2) is 159. The van der Waals surface area contributed by atoms with E-state index in [4.69, 9.17) is 19.8 Å². The minimum Gasteiger partial charge on any atom is -0.550 e. The maximum atomic E-state index is 8.89. The molecule has 0 unspecified atom stereocenters. The van der Waals surface area contributed by atoms with Gasteiger partial charge in [-0.1, -0.05) is 0 Å². The monoisotopic (exact) mass is 506 g/mol. The largest absolute Gasteiger partial charge is 2.00 e. The van der Waals surface area contributed by atoms with Crippen molar-refractivity contribution in [1.29, 1.82) is 0 Å². The van der Waals surface area contributed by atoms with Gasteiger partial charge in [-0.25, -0.2) is 0 Å². The molecule has 0 aromatic heterocycles. The van der Waals surface area contributed by atoms with Gasteiger partial charge in [-0.2, -0.15) is 0 Å². The summed E-state index contributed by atoms with van der Waals surface area (Å²) >= 11 is 0. The van der Waals surface area contributed by atoms with Crippen LogP contribution in [0.5, 0.6) is 0 Å². The molecule has 2 radical (unpaired) electrons. The number of hydrogen-bond acceptors (Lipinski definition) is 4. The molecule has 0 aromatic rings. The molecule has 0 aromatic carbocycles. The van der Waals surface area contributed by atoms with Crippen molar-refractivity contribution in [2.45, 2.75) is 13.8 Å². The number of rotatable bonds is 0. The van der Waals surface area contributed by atoms with E-state index < -0.39 is 11.9 Å². The number of carbonyl (C=O) groups is 2. The summed E-state index contributed by atoms with van der Waals surface area (Å²) in [4.78, 5) is 17.8. The summed E-state index contributed by atoms with van der Waals surface area (Å²) < 4.78 is 0. The topological polar surface area (TPSA) is 395 Å². The smallest absolute Gasteiger partial charge is 0.550 e. The van der Waals surface area contributed by atoms with E-state index in [1.807, 2.05) is 0 Å². The van der Waals surface area contributed by atoms with Crippen LogP contribution in [0.1, 0.15) is 13.8 Å². The van der Waals surface area contributed by atoms with Crippen molar-refractivity contribution >= 4 is 39.2 Å². The van der Waals surface area contributed by atoms with Gasteiger partial charge in [-0.05, 0) is 13.8 Å². The van der Waals surface area contributed by atoms with Crippen molar-refractivity contribution in [2.24, 2.45) is 0 Å². The first-order valence-corrected chi connectivity index (χ1v) is 1.82. The zero-order valence-electron chi connectivity index (χ0n) is 10.1. The Bertz CT molecular complexity index is 77.4. The maximum absolute atomic E-state index is 8.89. The molecule has 0 bridgehead atoms. The number of carboxylic acid groups (broad SMARTS) is 2. The van der Waals surface area contributed by atoms with Crippen molar-refractivity contribution in [2.75, 3.05) is 0 Å². The molecule has 0 heterocycles. The average Bonchev–Trinajstić information content (AvgIpc) is 1.25. The number of carbonyl (C=O) groups excluding carboxylic acids is 2. The Balaban J connectivity index is -0.00000000218. The molecule has 20 N–H and O–H groups in total. The van der Waals surface area contributed by atoms with E-state index in [1.54, 1.807) is 0 Å². The predicted octanol–water partition coefficient (Wildman–Crippen LogP) is -11.1. The molecule has 0 rings (SSSR count). The third-order valence-electron chi connectivity index (χ3n) is 0. The molecule has 19 heavy (non-hydrogen) atoms. The van der Waals surface area contributed by atoms with Crippen LogP contribution < -0.4 is 10.2 Å². The van der Waals surface area contributed by atoms with Gasteiger partial charge in [0.2, 0.25) is 0 Å². The summed E-state index contributed by atoms with van der Waals surface area (Å²) in [6, 6.07) is 0. The normalized spacial score (nSPS) is 2.63. The quantitative estimate of drug-likeness (QED) is 0.289. The fourth-order valence-corrected chi connectivity index (χ4v) is 0. The molecule has 0 saturated carbocycles. The summed E-state index contributed by atoms with van der Waals surface area (Å²) in [5, 5.41) is 17.8. The molecule has 0 aliphatic carbocycles. The van der Waals surface area contributed by atoms with Gasteiger partial charge in [0.1, 0.15) is 0 Å². The fourth-order valence-electron chi connectivity index (χ4n) is 0. The van der Waals surface area contributed by atoms with E-state index in [1.165, 1.54) is 0 Å². The SMILES string of the molecule is CC(=O)[O-].CC(=O)[O-].O.O.O.O.O.O.O.O.O.O.[Pb+2]. The third-order valence-corrected chi connectivity index (χ3v) is 0. The van der Waals surface area contributed by atoms with Gasteiger partial charge in [0.25, 0.3) is 0 Å². The van der Waals surface area contributed by atoms with E-state index in [0.29, 0.717) is 0 Å². The van der Waals surface area contributed by atoms with E-state index in [9.17, 15) is 0 Å². The Kier molecular flexibility index (Phi) is 1580. The molecule has 0 amide bonds. The molecule has 0 aliphatic heterocycles. The number of hydrogen-bond donors (Lipinski definition) is 0. The minimum atomic E-state index is -1.08. The molecule has 15 heteroatoms. The van der Waals surface area contributed by atoms with Crippen LogP contribution in [0.3, 0.4) is 0 Å². The summed E-state index contributed by atoms with van der Waals surface area (Å²) in [7, 11) is 0. The molecular weight excluding hydrogens is 479 g/mol. The average molecular weight is 505 g/mol. The van der Waals surface area contributed by atoms with Gasteiger partial charge in [0.05, 0.1) is 0 Å². The summed E-state index contributed by atoms with van der Waals surface area (Å²) in [5.74, 6) is -2.17. The fraction of sp³-hybridized carbons (Fsp3) is 0.500. The van der Waals surface area contributed by atoms with Crippen molar-refractivity contribution in [3.8, 4) is 0 Å². The standard InChI is InChI=1S/2C2H4O2.10H2O.Pb/c2*1-2(3)4;;;;;;;;;;;/h2*1H3,(H,3,4);10*1H2;/q;;;;;;;;;;;;+2/p-2. The molecule has 0 saturated heterocycles. The van der Waals surface area contributed by atoms with E-state index in [2.05, 4.69) is 0 Å². The van der Waals surface area contributed by atoms with Crippen molar-refractivity contribution in [1.82, 2.24) is 0 Å². The van der Waals surface area contributed by atoms with Crippen LogP contribution in [0, 0.1) is 0 Å². The van der Waals surface area contributed by atoms with E-state index in [-0.39, 0.29) is 82.1 Å². The maximum Gasteiger partial charge on any atom is 2.00 e. The predicted molar refractivity (Wildman–Crippen MR) is 63.3 cm³/mol. The van der Waals surface area contributed by atoms with Gasteiger partial charge in [0.15, 0.2) is 0 Å². The van der Waals surface area contributed by atoms with Crippen LogP contribution in [0.2, 0.25) is 0 Å². The molecule has 0 aliphatic rings. The van der Waals surface area contributed by atoms with E-state index in [0.717, 1.165) is 13.8 Å². The molecule has 130 valence electrons. The van der Waals surface area contributed by atoms with Crippen molar-refractivity contribution in [3.63, 3.8) is 0 Å². The minimum absolute atomic E-state index is 0. The summed E-state index contributed by atoms with van der Waals surface area (Å²) in [6.07, 6.45) is 0. The molecule has 0 spiro atoms. The molecular formula is C4H26O14Pb. The third kappa shape index (κ3) is 14400. The number of carboxylic acids is 2. The van der Waals surface area contributed by atoms with Gasteiger partial charge in [-0.15, -0.1) is 0 Å². The van der Waals surface area contributed by atoms with Gasteiger partial charge >= 0.3 is 27.3 Å². The molecule has 0 atom stereocenters. The van der Waals surface area contributed by atoms with Crippen LogP contribution in [0.25, 0.3) is 0 Å². The van der Waals surface area contributed by atoms with Gasteiger partial charge in [0, 0.05) is 11.9 Å². The Labute approximate surface area is 128 Å². The first-order valence-electron chi connectivity index (χ1n) is 1.82. The Morgan fingerprint density at radius 3 is 0.526 bits per heavy atom.